The van der Waals surface area contributed by atoms with Crippen molar-refractivity contribution >= 4 is 0 Å². The van der Waals surface area contributed by atoms with Crippen molar-refractivity contribution in [3.63, 3.8) is 0 Å². The van der Waals surface area contributed by atoms with E-state index < -0.39 is 0 Å². The maximum atomic E-state index is 9.33. The van der Waals surface area contributed by atoms with Gasteiger partial charge in [0.05, 0.1) is 24.4 Å². The number of rotatable bonds is 4. The van der Waals surface area contributed by atoms with Gasteiger partial charge in [-0.2, -0.15) is 0 Å². The molecule has 0 aromatic heterocycles. The zero-order valence-electron chi connectivity index (χ0n) is 10.3. The highest BCUT2D eigenvalue weighted by atomic mass is 16.5. The largest absolute Gasteiger partial charge is 0.394 e. The van der Waals surface area contributed by atoms with Crippen LogP contribution in [0.25, 0.3) is 0 Å². The van der Waals surface area contributed by atoms with Gasteiger partial charge in [-0.1, -0.05) is 0 Å². The van der Waals surface area contributed by atoms with E-state index >= 15 is 0 Å². The lowest BCUT2D eigenvalue weighted by Crippen LogP contribution is -2.57. The first kappa shape index (κ1) is 12.9. The zero-order chi connectivity index (χ0) is 11.5. The van der Waals surface area contributed by atoms with Crippen molar-refractivity contribution in [3.05, 3.63) is 0 Å². The molecule has 0 bridgehead atoms. The monoisotopic (exact) mass is 216 g/mol. The van der Waals surface area contributed by atoms with E-state index in [-0.39, 0.29) is 17.7 Å². The molecular weight excluding hydrogens is 192 g/mol. The molecule has 1 rings (SSSR count). The van der Waals surface area contributed by atoms with Crippen molar-refractivity contribution in [2.45, 2.75) is 31.9 Å². The van der Waals surface area contributed by atoms with Crippen molar-refractivity contribution in [2.75, 3.05) is 39.9 Å². The minimum Gasteiger partial charge on any atom is -0.394 e. The summed E-state index contributed by atoms with van der Waals surface area (Å²) in [7, 11) is 1.89. The molecule has 15 heavy (non-hydrogen) atoms. The van der Waals surface area contributed by atoms with Gasteiger partial charge in [-0.3, -0.25) is 4.90 Å². The van der Waals surface area contributed by atoms with Crippen molar-refractivity contribution < 1.29 is 9.84 Å². The lowest BCUT2D eigenvalue weighted by molar-refractivity contribution is -0.0921. The highest BCUT2D eigenvalue weighted by Crippen LogP contribution is 2.18. The number of hydrogen-bond acceptors (Lipinski definition) is 4. The topological polar surface area (TPSA) is 44.7 Å². The van der Waals surface area contributed by atoms with Crippen LogP contribution in [0, 0.1) is 0 Å². The number of aliphatic hydroxyl groups is 1. The van der Waals surface area contributed by atoms with Gasteiger partial charge in [0.1, 0.15) is 0 Å². The van der Waals surface area contributed by atoms with E-state index in [9.17, 15) is 5.11 Å². The van der Waals surface area contributed by atoms with E-state index in [4.69, 9.17) is 4.74 Å². The first-order valence-electron chi connectivity index (χ1n) is 5.57. The predicted octanol–water partition coefficient (Wildman–Crippen LogP) is 0.0676. The molecule has 0 radical (unpaired) electrons. The SMILES string of the molecule is CNC(C)(CO)CN1CCOC(C)(C)C1. The third-order valence-electron chi connectivity index (χ3n) is 3.03. The molecule has 1 aliphatic rings. The van der Waals surface area contributed by atoms with Crippen molar-refractivity contribution in [3.8, 4) is 0 Å². The maximum absolute atomic E-state index is 9.33. The number of nitrogens with zero attached hydrogens (tertiary/aromatic N) is 1. The fraction of sp³-hybridized carbons (Fsp3) is 1.00. The lowest BCUT2D eigenvalue weighted by Gasteiger charge is -2.42. The summed E-state index contributed by atoms with van der Waals surface area (Å²) in [4.78, 5) is 2.34. The summed E-state index contributed by atoms with van der Waals surface area (Å²) in [5.74, 6) is 0. The van der Waals surface area contributed by atoms with Crippen molar-refractivity contribution in [2.24, 2.45) is 0 Å². The van der Waals surface area contributed by atoms with Crippen LogP contribution in [0.2, 0.25) is 0 Å². The van der Waals surface area contributed by atoms with Crippen LogP contribution in [0.5, 0.6) is 0 Å². The van der Waals surface area contributed by atoms with Gasteiger partial charge in [0.15, 0.2) is 0 Å². The van der Waals surface area contributed by atoms with Crippen LogP contribution < -0.4 is 5.32 Å². The standard InChI is InChI=1S/C11H24N2O2/c1-10(2)7-13(5-6-15-10)8-11(3,9-14)12-4/h12,14H,5-9H2,1-4H3. The third-order valence-corrected chi connectivity index (χ3v) is 3.03. The van der Waals surface area contributed by atoms with Gasteiger partial charge >= 0.3 is 0 Å². The van der Waals surface area contributed by atoms with Gasteiger partial charge in [0, 0.05) is 19.6 Å². The number of nitrogens with one attached hydrogen (secondary N) is 1. The second kappa shape index (κ2) is 4.78. The molecule has 1 atom stereocenters. The fourth-order valence-corrected chi connectivity index (χ4v) is 1.95. The summed E-state index contributed by atoms with van der Waals surface area (Å²) in [6.07, 6.45) is 0. The molecule has 4 heteroatoms. The summed E-state index contributed by atoms with van der Waals surface area (Å²) < 4.78 is 5.65. The Morgan fingerprint density at radius 1 is 1.53 bits per heavy atom. The van der Waals surface area contributed by atoms with Gasteiger partial charge in [0.25, 0.3) is 0 Å². The van der Waals surface area contributed by atoms with E-state index in [0.29, 0.717) is 0 Å². The molecule has 0 spiro atoms. The zero-order valence-corrected chi connectivity index (χ0v) is 10.3. The smallest absolute Gasteiger partial charge is 0.0753 e. The molecule has 1 unspecified atom stereocenters. The molecule has 90 valence electrons. The van der Waals surface area contributed by atoms with E-state index in [2.05, 4.69) is 24.1 Å². The number of morpholine rings is 1. The number of aliphatic hydroxyl groups excluding tert-OH is 1. The number of hydrogen-bond donors (Lipinski definition) is 2. The average Bonchev–Trinajstić information content (AvgIpc) is 2.16. The molecule has 1 fully saturated rings. The summed E-state index contributed by atoms with van der Waals surface area (Å²) >= 11 is 0. The first-order valence-corrected chi connectivity index (χ1v) is 5.57. The molecule has 0 aromatic rings. The lowest BCUT2D eigenvalue weighted by atomic mass is 10.0. The highest BCUT2D eigenvalue weighted by Gasteiger charge is 2.31. The first-order chi connectivity index (χ1) is 6.91. The Labute approximate surface area is 92.6 Å². The van der Waals surface area contributed by atoms with Crippen LogP contribution in [0.1, 0.15) is 20.8 Å². The molecule has 0 aliphatic carbocycles. The van der Waals surface area contributed by atoms with Crippen LogP contribution in [0.4, 0.5) is 0 Å². The molecule has 1 saturated heterocycles. The van der Waals surface area contributed by atoms with Crippen LogP contribution in [0.15, 0.2) is 0 Å². The third kappa shape index (κ3) is 3.72. The summed E-state index contributed by atoms with van der Waals surface area (Å²) in [5, 5.41) is 12.5. The van der Waals surface area contributed by atoms with Crippen molar-refractivity contribution in [1.82, 2.24) is 10.2 Å². The Hall–Kier alpha value is -0.160. The van der Waals surface area contributed by atoms with E-state index in [1.54, 1.807) is 0 Å². The summed E-state index contributed by atoms with van der Waals surface area (Å²) in [6.45, 7) is 9.90. The normalized spacial score (nSPS) is 26.2. The van der Waals surface area contributed by atoms with Crippen LogP contribution in [-0.2, 0) is 4.74 Å². The maximum Gasteiger partial charge on any atom is 0.0753 e. The molecule has 1 aliphatic heterocycles. The second-order valence-corrected chi connectivity index (χ2v) is 5.29. The minimum atomic E-state index is -0.215. The Morgan fingerprint density at radius 2 is 2.20 bits per heavy atom. The van der Waals surface area contributed by atoms with E-state index in [1.807, 2.05) is 14.0 Å². The predicted molar refractivity (Wildman–Crippen MR) is 61.0 cm³/mol. The fourth-order valence-electron chi connectivity index (χ4n) is 1.95. The van der Waals surface area contributed by atoms with Gasteiger partial charge < -0.3 is 15.2 Å². The summed E-state index contributed by atoms with van der Waals surface area (Å²) in [6, 6.07) is 0. The Morgan fingerprint density at radius 3 is 2.67 bits per heavy atom. The Bertz CT molecular complexity index is 203. The highest BCUT2D eigenvalue weighted by molar-refractivity contribution is 4.88. The van der Waals surface area contributed by atoms with Gasteiger partial charge in [-0.15, -0.1) is 0 Å². The molecule has 4 nitrogen and oxygen atoms in total. The average molecular weight is 216 g/mol. The molecule has 0 aromatic carbocycles. The second-order valence-electron chi connectivity index (χ2n) is 5.29. The molecule has 0 saturated carbocycles. The molecular formula is C11H24N2O2. The van der Waals surface area contributed by atoms with E-state index in [0.717, 1.165) is 26.2 Å². The van der Waals surface area contributed by atoms with Gasteiger partial charge in [-0.05, 0) is 27.8 Å². The van der Waals surface area contributed by atoms with Gasteiger partial charge in [0.2, 0.25) is 0 Å². The molecule has 2 N–H and O–H groups in total. The van der Waals surface area contributed by atoms with Crippen LogP contribution >= 0.6 is 0 Å². The summed E-state index contributed by atoms with van der Waals surface area (Å²) in [5.41, 5.74) is -0.282. The van der Waals surface area contributed by atoms with Gasteiger partial charge in [-0.25, -0.2) is 0 Å². The number of ether oxygens (including phenoxy) is 1. The minimum absolute atomic E-state index is 0.0671. The number of likely N-dealkylation sites (N-methyl/N-ethyl adjacent to an activating group) is 1. The van der Waals surface area contributed by atoms with E-state index in [1.165, 1.54) is 0 Å². The van der Waals surface area contributed by atoms with Crippen molar-refractivity contribution in [1.29, 1.82) is 0 Å². The van der Waals surface area contributed by atoms with Crippen LogP contribution in [-0.4, -0.2) is 61.0 Å². The Balaban J connectivity index is 2.51. The quantitative estimate of drug-likeness (QED) is 0.698. The molecule has 0 amide bonds. The Kier molecular flexibility index (Phi) is 4.12. The van der Waals surface area contributed by atoms with Crippen LogP contribution in [0.3, 0.4) is 0 Å². The molecule has 1 heterocycles.